The van der Waals surface area contributed by atoms with Gasteiger partial charge < -0.3 is 20.1 Å². The minimum Gasteiger partial charge on any atom is -0.484 e. The third kappa shape index (κ3) is 6.04. The summed E-state index contributed by atoms with van der Waals surface area (Å²) in [4.78, 5) is 11.5. The Bertz CT molecular complexity index is 413. The van der Waals surface area contributed by atoms with Crippen LogP contribution in [0.15, 0.2) is 22.7 Å². The van der Waals surface area contributed by atoms with Crippen LogP contribution >= 0.6 is 15.9 Å². The predicted octanol–water partition coefficient (Wildman–Crippen LogP) is 1.31. The van der Waals surface area contributed by atoms with Crippen molar-refractivity contribution in [3.05, 3.63) is 28.2 Å². The zero-order chi connectivity index (χ0) is 14.1. The molecule has 106 valence electrons. The Balaban J connectivity index is 2.44. The highest BCUT2D eigenvalue weighted by Gasteiger charge is 2.05. The van der Waals surface area contributed by atoms with Crippen LogP contribution in [0.25, 0.3) is 0 Å². The molecule has 0 aliphatic rings. The van der Waals surface area contributed by atoms with Crippen molar-refractivity contribution in [1.29, 1.82) is 0 Å². The Labute approximate surface area is 121 Å². The molecule has 0 unspecified atom stereocenters. The maximum Gasteiger partial charge on any atom is 0.258 e. The van der Waals surface area contributed by atoms with Crippen molar-refractivity contribution in [2.75, 3.05) is 33.9 Å². The van der Waals surface area contributed by atoms with Gasteiger partial charge in [0.1, 0.15) is 5.75 Å². The Morgan fingerprint density at radius 3 is 2.89 bits per heavy atom. The molecule has 0 saturated carbocycles. The van der Waals surface area contributed by atoms with Crippen LogP contribution in [0.3, 0.4) is 0 Å². The molecular formula is C13H19BrN2O3. The molecule has 0 aromatic heterocycles. The van der Waals surface area contributed by atoms with Gasteiger partial charge in [-0.25, -0.2) is 0 Å². The second kappa shape index (κ2) is 8.90. The highest BCUT2D eigenvalue weighted by atomic mass is 79.9. The highest BCUT2D eigenvalue weighted by Crippen LogP contribution is 2.22. The summed E-state index contributed by atoms with van der Waals surface area (Å²) in [7, 11) is 3.47. The smallest absolute Gasteiger partial charge is 0.258 e. The monoisotopic (exact) mass is 330 g/mol. The molecule has 0 fully saturated rings. The van der Waals surface area contributed by atoms with Gasteiger partial charge in [0, 0.05) is 24.7 Å². The average Bonchev–Trinajstić information content (AvgIpc) is 2.40. The zero-order valence-electron chi connectivity index (χ0n) is 11.2. The van der Waals surface area contributed by atoms with Gasteiger partial charge in [-0.05, 0) is 30.8 Å². The van der Waals surface area contributed by atoms with Crippen LogP contribution in [0, 0.1) is 0 Å². The number of benzene rings is 1. The van der Waals surface area contributed by atoms with Crippen LogP contribution in [-0.4, -0.2) is 39.8 Å². The van der Waals surface area contributed by atoms with Gasteiger partial charge in [0.05, 0.1) is 6.61 Å². The molecule has 1 aromatic carbocycles. The largest absolute Gasteiger partial charge is 0.484 e. The fourth-order valence-electron chi connectivity index (χ4n) is 1.46. The fraction of sp³-hybridized carbons (Fsp3) is 0.462. The molecule has 0 atom stereocenters. The van der Waals surface area contributed by atoms with Crippen molar-refractivity contribution in [3.8, 4) is 5.75 Å². The third-order valence-corrected chi connectivity index (χ3v) is 3.16. The predicted molar refractivity (Wildman–Crippen MR) is 77.3 cm³/mol. The summed E-state index contributed by atoms with van der Waals surface area (Å²) in [5, 5.41) is 5.77. The van der Waals surface area contributed by atoms with E-state index in [-0.39, 0.29) is 12.5 Å². The number of carbonyl (C=O) groups is 1. The normalized spacial score (nSPS) is 10.3. The van der Waals surface area contributed by atoms with Crippen LogP contribution in [0.2, 0.25) is 0 Å². The summed E-state index contributed by atoms with van der Waals surface area (Å²) in [6.07, 6.45) is 0. The molecule has 2 N–H and O–H groups in total. The summed E-state index contributed by atoms with van der Waals surface area (Å²) in [5.41, 5.74) is 1.08. The SMILES string of the molecule is CNCc1cc(OCC(=O)NCCOC)ccc1Br. The topological polar surface area (TPSA) is 59.6 Å². The standard InChI is InChI=1S/C13H19BrN2O3/c1-15-8-10-7-11(3-4-12(10)14)19-9-13(17)16-5-6-18-2/h3-4,7,15H,5-6,8-9H2,1-2H3,(H,16,17). The van der Waals surface area contributed by atoms with Crippen molar-refractivity contribution in [2.24, 2.45) is 0 Å². The van der Waals surface area contributed by atoms with E-state index in [1.165, 1.54) is 0 Å². The van der Waals surface area contributed by atoms with Crippen molar-refractivity contribution >= 4 is 21.8 Å². The molecule has 1 aromatic rings. The number of nitrogens with one attached hydrogen (secondary N) is 2. The molecule has 1 rings (SSSR count). The first kappa shape index (κ1) is 15.9. The van der Waals surface area contributed by atoms with Crippen LogP contribution < -0.4 is 15.4 Å². The minimum absolute atomic E-state index is 0.00431. The first-order chi connectivity index (χ1) is 9.17. The van der Waals surface area contributed by atoms with Crippen molar-refractivity contribution < 1.29 is 14.3 Å². The molecule has 0 aliphatic carbocycles. The van der Waals surface area contributed by atoms with Crippen LogP contribution in [0.4, 0.5) is 0 Å². The van der Waals surface area contributed by atoms with Gasteiger partial charge in [-0.2, -0.15) is 0 Å². The summed E-state index contributed by atoms with van der Waals surface area (Å²) in [6, 6.07) is 5.64. The number of rotatable bonds is 8. The quantitative estimate of drug-likeness (QED) is 0.705. The molecular weight excluding hydrogens is 312 g/mol. The summed E-state index contributed by atoms with van der Waals surface area (Å²) >= 11 is 3.46. The van der Waals surface area contributed by atoms with E-state index < -0.39 is 0 Å². The van der Waals surface area contributed by atoms with Gasteiger partial charge in [0.2, 0.25) is 0 Å². The number of amides is 1. The van der Waals surface area contributed by atoms with Gasteiger partial charge in [-0.1, -0.05) is 15.9 Å². The molecule has 1 amide bonds. The molecule has 6 heteroatoms. The van der Waals surface area contributed by atoms with Crippen molar-refractivity contribution in [1.82, 2.24) is 10.6 Å². The number of carbonyl (C=O) groups excluding carboxylic acids is 1. The van der Waals surface area contributed by atoms with Gasteiger partial charge in [-0.15, -0.1) is 0 Å². The Hall–Kier alpha value is -1.11. The first-order valence-electron chi connectivity index (χ1n) is 5.99. The van der Waals surface area contributed by atoms with Gasteiger partial charge in [0.15, 0.2) is 6.61 Å². The van der Waals surface area contributed by atoms with E-state index in [0.717, 1.165) is 16.6 Å². The third-order valence-electron chi connectivity index (χ3n) is 2.38. The van der Waals surface area contributed by atoms with E-state index >= 15 is 0 Å². The van der Waals surface area contributed by atoms with Crippen LogP contribution in [0.1, 0.15) is 5.56 Å². The first-order valence-corrected chi connectivity index (χ1v) is 6.78. The lowest BCUT2D eigenvalue weighted by Gasteiger charge is -2.10. The maximum atomic E-state index is 11.5. The summed E-state index contributed by atoms with van der Waals surface area (Å²) in [5.74, 6) is 0.519. The molecule has 0 spiro atoms. The van der Waals surface area contributed by atoms with E-state index in [9.17, 15) is 4.79 Å². The van der Waals surface area contributed by atoms with Crippen molar-refractivity contribution in [3.63, 3.8) is 0 Å². The molecule has 19 heavy (non-hydrogen) atoms. The average molecular weight is 331 g/mol. The van der Waals surface area contributed by atoms with E-state index in [4.69, 9.17) is 9.47 Å². The fourth-order valence-corrected chi connectivity index (χ4v) is 1.85. The lowest BCUT2D eigenvalue weighted by molar-refractivity contribution is -0.123. The molecule has 0 bridgehead atoms. The Kier molecular flexibility index (Phi) is 7.47. The number of halogens is 1. The Morgan fingerprint density at radius 1 is 1.42 bits per heavy atom. The zero-order valence-corrected chi connectivity index (χ0v) is 12.7. The molecule has 0 heterocycles. The van der Waals surface area contributed by atoms with E-state index in [1.54, 1.807) is 7.11 Å². The van der Waals surface area contributed by atoms with E-state index in [2.05, 4.69) is 26.6 Å². The second-order valence-electron chi connectivity index (χ2n) is 3.91. The van der Waals surface area contributed by atoms with Crippen LogP contribution in [0.5, 0.6) is 5.75 Å². The molecule has 0 aliphatic heterocycles. The van der Waals surface area contributed by atoms with Crippen molar-refractivity contribution in [2.45, 2.75) is 6.54 Å². The lowest BCUT2D eigenvalue weighted by Crippen LogP contribution is -2.31. The summed E-state index contributed by atoms with van der Waals surface area (Å²) < 4.78 is 11.3. The van der Waals surface area contributed by atoms with E-state index in [1.807, 2.05) is 25.2 Å². The van der Waals surface area contributed by atoms with E-state index in [0.29, 0.717) is 18.9 Å². The summed E-state index contributed by atoms with van der Waals surface area (Å²) in [6.45, 7) is 1.72. The molecule has 0 radical (unpaired) electrons. The number of hydrogen-bond donors (Lipinski definition) is 2. The maximum absolute atomic E-state index is 11.5. The number of ether oxygens (including phenoxy) is 2. The number of hydrogen-bond acceptors (Lipinski definition) is 4. The van der Waals surface area contributed by atoms with Crippen LogP contribution in [-0.2, 0) is 16.1 Å². The van der Waals surface area contributed by atoms with Gasteiger partial charge in [-0.3, -0.25) is 4.79 Å². The number of methoxy groups -OCH3 is 1. The van der Waals surface area contributed by atoms with Gasteiger partial charge >= 0.3 is 0 Å². The molecule has 0 saturated heterocycles. The highest BCUT2D eigenvalue weighted by molar-refractivity contribution is 9.10. The second-order valence-corrected chi connectivity index (χ2v) is 4.77. The molecule has 5 nitrogen and oxygen atoms in total. The minimum atomic E-state index is -0.157. The Morgan fingerprint density at radius 2 is 2.21 bits per heavy atom. The van der Waals surface area contributed by atoms with Gasteiger partial charge in [0.25, 0.3) is 5.91 Å². The lowest BCUT2D eigenvalue weighted by atomic mass is 10.2.